The maximum atomic E-state index is 11.6. The number of thiazole rings is 1. The number of benzene rings is 3. The minimum absolute atomic E-state index is 0.231. The fourth-order valence-electron chi connectivity index (χ4n) is 3.67. The summed E-state index contributed by atoms with van der Waals surface area (Å²) in [5.41, 5.74) is 2.31. The minimum Gasteiger partial charge on any atom is -0.476 e. The third-order valence-electron chi connectivity index (χ3n) is 5.05. The highest BCUT2D eigenvalue weighted by Crippen LogP contribution is 2.40. The molecule has 0 aliphatic heterocycles. The fraction of sp³-hybridized carbons (Fsp3) is 0.0800. The molecule has 0 radical (unpaired) electrons. The number of rotatable bonds is 8. The lowest BCUT2D eigenvalue weighted by atomic mass is 9.77. The quantitative estimate of drug-likeness (QED) is 0.228. The number of aliphatic carboxylic acids is 1. The van der Waals surface area contributed by atoms with Crippen LogP contribution < -0.4 is 5.32 Å². The summed E-state index contributed by atoms with van der Waals surface area (Å²) in [5.74, 6) is -1.20. The van der Waals surface area contributed by atoms with Crippen molar-refractivity contribution >= 4 is 28.1 Å². The predicted octanol–water partition coefficient (Wildman–Crippen LogP) is 4.98. The molecule has 0 aliphatic rings. The number of anilines is 1. The molecule has 3 aromatic carbocycles. The Morgan fingerprint density at radius 1 is 0.906 bits per heavy atom. The second-order valence-corrected chi connectivity index (χ2v) is 7.80. The molecule has 1 aromatic heterocycles. The lowest BCUT2D eigenvalue weighted by Gasteiger charge is -2.36. The summed E-state index contributed by atoms with van der Waals surface area (Å²) in [6.07, 6.45) is 0. The highest BCUT2D eigenvalue weighted by Gasteiger charge is 2.37. The molecule has 1 heterocycles. The molecule has 0 unspecified atom stereocenters. The SMILES string of the molecule is CON=C(C(=O)O)c1csc(NC(c2ccccc2)(c2ccccc2)c2ccccc2)n1. The smallest absolute Gasteiger partial charge is 0.360 e. The zero-order valence-corrected chi connectivity index (χ0v) is 18.1. The van der Waals surface area contributed by atoms with Gasteiger partial charge in [0.25, 0.3) is 0 Å². The van der Waals surface area contributed by atoms with Crippen molar-refractivity contribution in [3.63, 3.8) is 0 Å². The van der Waals surface area contributed by atoms with E-state index in [4.69, 9.17) is 0 Å². The molecule has 32 heavy (non-hydrogen) atoms. The first-order valence-corrected chi connectivity index (χ1v) is 10.8. The highest BCUT2D eigenvalue weighted by molar-refractivity contribution is 7.14. The molecule has 0 atom stereocenters. The minimum atomic E-state index is -1.20. The summed E-state index contributed by atoms with van der Waals surface area (Å²) in [6.45, 7) is 0. The van der Waals surface area contributed by atoms with Crippen molar-refractivity contribution in [3.05, 3.63) is 119 Å². The van der Waals surface area contributed by atoms with Gasteiger partial charge in [-0.15, -0.1) is 11.3 Å². The molecule has 0 fully saturated rings. The molecule has 160 valence electrons. The van der Waals surface area contributed by atoms with Crippen LogP contribution in [0.25, 0.3) is 0 Å². The van der Waals surface area contributed by atoms with E-state index in [-0.39, 0.29) is 11.4 Å². The number of carbonyl (C=O) groups is 1. The summed E-state index contributed by atoms with van der Waals surface area (Å²) >= 11 is 1.31. The van der Waals surface area contributed by atoms with E-state index in [1.807, 2.05) is 54.6 Å². The van der Waals surface area contributed by atoms with Gasteiger partial charge in [-0.1, -0.05) is 96.2 Å². The van der Waals surface area contributed by atoms with Crippen molar-refractivity contribution in [1.82, 2.24) is 4.98 Å². The van der Waals surface area contributed by atoms with Crippen LogP contribution in [0.3, 0.4) is 0 Å². The lowest BCUT2D eigenvalue weighted by molar-refractivity contribution is -0.129. The summed E-state index contributed by atoms with van der Waals surface area (Å²) in [6, 6.07) is 30.3. The Labute approximate surface area is 189 Å². The Kier molecular flexibility index (Phi) is 6.28. The van der Waals surface area contributed by atoms with Gasteiger partial charge in [0, 0.05) is 5.38 Å². The van der Waals surface area contributed by atoms with E-state index in [1.54, 1.807) is 5.38 Å². The molecule has 0 amide bonds. The van der Waals surface area contributed by atoms with E-state index < -0.39 is 11.5 Å². The zero-order valence-electron chi connectivity index (χ0n) is 17.3. The van der Waals surface area contributed by atoms with E-state index in [1.165, 1.54) is 18.4 Å². The zero-order chi connectivity index (χ0) is 22.4. The van der Waals surface area contributed by atoms with Crippen molar-refractivity contribution in [1.29, 1.82) is 0 Å². The van der Waals surface area contributed by atoms with Crippen LogP contribution in [0.15, 0.2) is 102 Å². The van der Waals surface area contributed by atoms with Crippen LogP contribution in [0.5, 0.6) is 0 Å². The Hall–Kier alpha value is -3.97. The van der Waals surface area contributed by atoms with Gasteiger partial charge in [0.2, 0.25) is 5.71 Å². The molecule has 0 saturated carbocycles. The molecule has 7 heteroatoms. The number of aromatic nitrogens is 1. The van der Waals surface area contributed by atoms with Gasteiger partial charge in [0.15, 0.2) is 5.13 Å². The maximum absolute atomic E-state index is 11.6. The van der Waals surface area contributed by atoms with Gasteiger partial charge in [-0.3, -0.25) is 0 Å². The first kappa shape index (κ1) is 21.3. The second-order valence-electron chi connectivity index (χ2n) is 6.94. The molecule has 0 bridgehead atoms. The van der Waals surface area contributed by atoms with E-state index in [0.29, 0.717) is 5.13 Å². The van der Waals surface area contributed by atoms with Gasteiger partial charge in [0.1, 0.15) is 18.3 Å². The number of nitrogens with zero attached hydrogens (tertiary/aromatic N) is 2. The van der Waals surface area contributed by atoms with Crippen LogP contribution >= 0.6 is 11.3 Å². The molecular formula is C25H21N3O3S. The monoisotopic (exact) mass is 443 g/mol. The Morgan fingerprint density at radius 3 is 1.78 bits per heavy atom. The van der Waals surface area contributed by atoms with Crippen molar-refractivity contribution in [2.45, 2.75) is 5.54 Å². The molecular weight excluding hydrogens is 422 g/mol. The van der Waals surface area contributed by atoms with Crippen molar-refractivity contribution in [3.8, 4) is 0 Å². The number of hydrogen-bond donors (Lipinski definition) is 2. The van der Waals surface area contributed by atoms with Gasteiger partial charge >= 0.3 is 5.97 Å². The van der Waals surface area contributed by atoms with Crippen LogP contribution in [0.4, 0.5) is 5.13 Å². The average Bonchev–Trinajstić information content (AvgIpc) is 3.30. The topological polar surface area (TPSA) is 83.8 Å². The van der Waals surface area contributed by atoms with Gasteiger partial charge in [-0.05, 0) is 16.7 Å². The Balaban J connectivity index is 1.90. The van der Waals surface area contributed by atoms with Crippen molar-refractivity contribution in [2.75, 3.05) is 12.4 Å². The fourth-order valence-corrected chi connectivity index (χ4v) is 4.42. The lowest BCUT2D eigenvalue weighted by Crippen LogP contribution is -2.38. The molecule has 0 aliphatic carbocycles. The van der Waals surface area contributed by atoms with Crippen LogP contribution in [0, 0.1) is 0 Å². The number of carboxylic acid groups (broad SMARTS) is 1. The molecule has 4 aromatic rings. The predicted molar refractivity (Wildman–Crippen MR) is 126 cm³/mol. The van der Waals surface area contributed by atoms with Crippen molar-refractivity contribution in [2.24, 2.45) is 5.16 Å². The second kappa shape index (κ2) is 9.45. The largest absolute Gasteiger partial charge is 0.476 e. The first-order valence-electron chi connectivity index (χ1n) is 9.90. The van der Waals surface area contributed by atoms with E-state index in [2.05, 4.69) is 56.7 Å². The van der Waals surface area contributed by atoms with Gasteiger partial charge in [-0.25, -0.2) is 9.78 Å². The number of carboxylic acids is 1. The Bertz CT molecular complexity index is 1110. The van der Waals surface area contributed by atoms with Gasteiger partial charge < -0.3 is 15.3 Å². The van der Waals surface area contributed by atoms with E-state index in [9.17, 15) is 9.90 Å². The van der Waals surface area contributed by atoms with Gasteiger partial charge in [-0.2, -0.15) is 0 Å². The number of oxime groups is 1. The molecule has 6 nitrogen and oxygen atoms in total. The van der Waals surface area contributed by atoms with Crippen LogP contribution in [-0.4, -0.2) is 28.9 Å². The summed E-state index contributed by atoms with van der Waals surface area (Å²) in [5, 5.41) is 18.9. The first-order chi connectivity index (χ1) is 15.6. The molecule has 2 N–H and O–H groups in total. The van der Waals surface area contributed by atoms with Crippen LogP contribution in [-0.2, 0) is 15.2 Å². The molecule has 0 spiro atoms. The number of hydrogen-bond acceptors (Lipinski definition) is 6. The molecule has 0 saturated heterocycles. The normalized spacial score (nSPS) is 11.7. The van der Waals surface area contributed by atoms with Gasteiger partial charge in [0.05, 0.1) is 0 Å². The number of nitrogens with one attached hydrogen (secondary N) is 1. The summed E-state index contributed by atoms with van der Waals surface area (Å²) in [7, 11) is 1.31. The summed E-state index contributed by atoms with van der Waals surface area (Å²) in [4.78, 5) is 20.8. The Morgan fingerprint density at radius 2 is 1.38 bits per heavy atom. The summed E-state index contributed by atoms with van der Waals surface area (Å²) < 4.78 is 0. The van der Waals surface area contributed by atoms with E-state index in [0.717, 1.165) is 16.7 Å². The van der Waals surface area contributed by atoms with Crippen LogP contribution in [0.2, 0.25) is 0 Å². The average molecular weight is 444 g/mol. The van der Waals surface area contributed by atoms with E-state index >= 15 is 0 Å². The maximum Gasteiger partial charge on any atom is 0.360 e. The highest BCUT2D eigenvalue weighted by atomic mass is 32.1. The third-order valence-corrected chi connectivity index (χ3v) is 5.80. The van der Waals surface area contributed by atoms with Crippen LogP contribution in [0.1, 0.15) is 22.4 Å². The molecule has 4 rings (SSSR count). The third kappa shape index (κ3) is 4.10. The van der Waals surface area contributed by atoms with Crippen molar-refractivity contribution < 1.29 is 14.7 Å². The standard InChI is InChI=1S/C25H21N3O3S/c1-31-28-22(23(29)30)21-17-32-24(26-21)27-25(18-11-5-2-6-12-18,19-13-7-3-8-14-19)20-15-9-4-10-16-20/h2-17H,1H3,(H,26,27)(H,29,30).